The molecule has 6 heteroatoms. The highest BCUT2D eigenvalue weighted by atomic mass is 79.9. The predicted octanol–water partition coefficient (Wildman–Crippen LogP) is 3.65. The first-order valence-corrected chi connectivity index (χ1v) is 8.18. The maximum absolute atomic E-state index is 8.90. The number of thioether (sulfide) groups is 1. The molecule has 104 valence electrons. The number of furan rings is 1. The molecule has 0 amide bonds. The summed E-state index contributed by atoms with van der Waals surface area (Å²) in [7, 11) is 2.16. The topological polar surface area (TPSA) is 53.1 Å². The summed E-state index contributed by atoms with van der Waals surface area (Å²) in [4.78, 5) is 6.83. The lowest BCUT2D eigenvalue weighted by Gasteiger charge is -2.28. The molecule has 4 nitrogen and oxygen atoms in total. The van der Waals surface area contributed by atoms with Gasteiger partial charge in [0.25, 0.3) is 0 Å². The maximum atomic E-state index is 8.90. The van der Waals surface area contributed by atoms with Gasteiger partial charge in [0.05, 0.1) is 10.7 Å². The van der Waals surface area contributed by atoms with E-state index in [0.29, 0.717) is 16.6 Å². The molecular formula is C14H14BrN3OS. The van der Waals surface area contributed by atoms with Crippen molar-refractivity contribution in [3.63, 3.8) is 0 Å². The van der Waals surface area contributed by atoms with Crippen molar-refractivity contribution >= 4 is 38.7 Å². The highest BCUT2D eigenvalue weighted by molar-refractivity contribution is 9.10. The van der Waals surface area contributed by atoms with Crippen LogP contribution >= 0.6 is 27.7 Å². The Kier molecular flexibility index (Phi) is 4.01. The van der Waals surface area contributed by atoms with Crippen LogP contribution in [0.1, 0.15) is 18.6 Å². The first kappa shape index (κ1) is 13.9. The van der Waals surface area contributed by atoms with Crippen LogP contribution in [0.5, 0.6) is 0 Å². The lowest BCUT2D eigenvalue weighted by molar-refractivity contribution is 0.282. The number of rotatable bonds is 2. The van der Waals surface area contributed by atoms with Crippen molar-refractivity contribution in [2.24, 2.45) is 0 Å². The lowest BCUT2D eigenvalue weighted by Crippen LogP contribution is -2.31. The molecule has 0 bridgehead atoms. The molecule has 1 fully saturated rings. The van der Waals surface area contributed by atoms with Gasteiger partial charge >= 0.3 is 0 Å². The number of hydrogen-bond donors (Lipinski definition) is 0. The van der Waals surface area contributed by atoms with E-state index in [2.05, 4.69) is 32.9 Å². The minimum Gasteiger partial charge on any atom is -0.444 e. The number of nitrogens with zero attached hydrogens (tertiary/aromatic N) is 3. The highest BCUT2D eigenvalue weighted by Gasteiger charge is 2.20. The molecular weight excluding hydrogens is 338 g/mol. The summed E-state index contributed by atoms with van der Waals surface area (Å²) in [5.41, 5.74) is 0.654. The standard InChI is InChI=1S/C14H14BrN3OS/c1-18-4-2-10(3-5-18)20-14-13(15)11-6-9(7-16)19-12(11)8-17-14/h6,8,10H,2-5H2,1H3. The van der Waals surface area contributed by atoms with E-state index in [1.54, 1.807) is 12.3 Å². The highest BCUT2D eigenvalue weighted by Crippen LogP contribution is 2.37. The second-order valence-electron chi connectivity index (χ2n) is 5.00. The van der Waals surface area contributed by atoms with Crippen molar-refractivity contribution < 1.29 is 4.42 Å². The summed E-state index contributed by atoms with van der Waals surface area (Å²) in [6, 6.07) is 3.79. The molecule has 0 spiro atoms. The molecule has 1 aliphatic heterocycles. The molecule has 0 N–H and O–H groups in total. The summed E-state index contributed by atoms with van der Waals surface area (Å²) in [6.45, 7) is 2.28. The molecule has 2 aromatic rings. The van der Waals surface area contributed by atoms with Crippen LogP contribution in [0.3, 0.4) is 0 Å². The third-order valence-electron chi connectivity index (χ3n) is 3.54. The number of aromatic nitrogens is 1. The smallest absolute Gasteiger partial charge is 0.204 e. The number of nitriles is 1. The van der Waals surface area contributed by atoms with Gasteiger partial charge in [-0.15, -0.1) is 11.8 Å². The Morgan fingerprint density at radius 1 is 1.50 bits per heavy atom. The van der Waals surface area contributed by atoms with Crippen LogP contribution in [0.2, 0.25) is 0 Å². The van der Waals surface area contributed by atoms with Gasteiger partial charge in [0.15, 0.2) is 5.58 Å². The SMILES string of the molecule is CN1CCC(Sc2ncc3oc(C#N)cc3c2Br)CC1. The van der Waals surface area contributed by atoms with Crippen molar-refractivity contribution in [3.8, 4) is 6.07 Å². The van der Waals surface area contributed by atoms with Crippen molar-refractivity contribution in [1.29, 1.82) is 5.26 Å². The van der Waals surface area contributed by atoms with Crippen molar-refractivity contribution in [2.75, 3.05) is 20.1 Å². The van der Waals surface area contributed by atoms with Gasteiger partial charge in [0, 0.05) is 16.7 Å². The molecule has 0 unspecified atom stereocenters. The second kappa shape index (κ2) is 5.76. The largest absolute Gasteiger partial charge is 0.444 e. The minimum absolute atomic E-state index is 0.323. The molecule has 3 heterocycles. The molecule has 1 aliphatic rings. The average molecular weight is 352 g/mol. The van der Waals surface area contributed by atoms with E-state index in [0.717, 1.165) is 28.0 Å². The Morgan fingerprint density at radius 3 is 2.95 bits per heavy atom. The first-order valence-electron chi connectivity index (χ1n) is 6.50. The number of halogens is 1. The number of piperidine rings is 1. The summed E-state index contributed by atoms with van der Waals surface area (Å²) >= 11 is 5.42. The van der Waals surface area contributed by atoms with Crippen LogP contribution in [-0.2, 0) is 0 Å². The fraction of sp³-hybridized carbons (Fsp3) is 0.429. The number of likely N-dealkylation sites (tertiary alicyclic amines) is 1. The Morgan fingerprint density at radius 2 is 2.25 bits per heavy atom. The fourth-order valence-corrected chi connectivity index (χ4v) is 4.14. The Hall–Kier alpha value is -1.03. The molecule has 0 radical (unpaired) electrons. The third-order valence-corrected chi connectivity index (χ3v) is 5.94. The predicted molar refractivity (Wildman–Crippen MR) is 82.8 cm³/mol. The molecule has 3 rings (SSSR count). The zero-order valence-corrected chi connectivity index (χ0v) is 13.5. The number of hydrogen-bond acceptors (Lipinski definition) is 5. The van der Waals surface area contributed by atoms with Crippen LogP contribution in [0.4, 0.5) is 0 Å². The molecule has 0 saturated carbocycles. The minimum atomic E-state index is 0.323. The molecule has 2 aromatic heterocycles. The van der Waals surface area contributed by atoms with Crippen LogP contribution in [-0.4, -0.2) is 35.3 Å². The van der Waals surface area contributed by atoms with E-state index in [4.69, 9.17) is 9.68 Å². The molecule has 0 aliphatic carbocycles. The van der Waals surface area contributed by atoms with E-state index in [1.807, 2.05) is 17.8 Å². The maximum Gasteiger partial charge on any atom is 0.204 e. The van der Waals surface area contributed by atoms with Crippen LogP contribution in [0, 0.1) is 11.3 Å². The van der Waals surface area contributed by atoms with Gasteiger partial charge < -0.3 is 9.32 Å². The Labute approximate surface area is 130 Å². The Balaban J connectivity index is 1.85. The average Bonchev–Trinajstić information content (AvgIpc) is 2.88. The van der Waals surface area contributed by atoms with Crippen molar-refractivity contribution in [3.05, 3.63) is 22.5 Å². The summed E-state index contributed by atoms with van der Waals surface area (Å²) < 4.78 is 6.32. The summed E-state index contributed by atoms with van der Waals surface area (Å²) in [5.74, 6) is 0.323. The molecule has 1 saturated heterocycles. The van der Waals surface area contributed by atoms with Crippen molar-refractivity contribution in [2.45, 2.75) is 23.1 Å². The van der Waals surface area contributed by atoms with Crippen molar-refractivity contribution in [1.82, 2.24) is 9.88 Å². The zero-order valence-electron chi connectivity index (χ0n) is 11.1. The lowest BCUT2D eigenvalue weighted by atomic mass is 10.1. The summed E-state index contributed by atoms with van der Waals surface area (Å²) in [6.07, 6.45) is 4.07. The molecule has 0 atom stereocenters. The van der Waals surface area contributed by atoms with E-state index >= 15 is 0 Å². The Bertz CT molecular complexity index is 671. The van der Waals surface area contributed by atoms with Gasteiger partial charge in [0.1, 0.15) is 11.1 Å². The van der Waals surface area contributed by atoms with Gasteiger partial charge in [-0.05, 0) is 48.9 Å². The molecule has 0 aromatic carbocycles. The first-order chi connectivity index (χ1) is 9.67. The van der Waals surface area contributed by atoms with Gasteiger partial charge in [-0.3, -0.25) is 0 Å². The number of fused-ring (bicyclic) bond motifs is 1. The fourth-order valence-electron chi connectivity index (χ4n) is 2.36. The van der Waals surface area contributed by atoms with E-state index in [9.17, 15) is 0 Å². The van der Waals surface area contributed by atoms with Crippen LogP contribution in [0.15, 0.2) is 26.2 Å². The van der Waals surface area contributed by atoms with Gasteiger partial charge in [0.2, 0.25) is 5.76 Å². The molecule has 20 heavy (non-hydrogen) atoms. The zero-order chi connectivity index (χ0) is 14.1. The normalized spacial score (nSPS) is 17.4. The van der Waals surface area contributed by atoms with Gasteiger partial charge in [-0.2, -0.15) is 5.26 Å². The van der Waals surface area contributed by atoms with Gasteiger partial charge in [-0.25, -0.2) is 4.98 Å². The summed E-state index contributed by atoms with van der Waals surface area (Å²) in [5, 5.41) is 11.4. The quantitative estimate of drug-likeness (QED) is 0.826. The van der Waals surface area contributed by atoms with Gasteiger partial charge in [-0.1, -0.05) is 0 Å². The van der Waals surface area contributed by atoms with E-state index in [-0.39, 0.29) is 0 Å². The second-order valence-corrected chi connectivity index (χ2v) is 7.08. The van der Waals surface area contributed by atoms with E-state index in [1.165, 1.54) is 12.8 Å². The van der Waals surface area contributed by atoms with E-state index < -0.39 is 0 Å². The number of pyridine rings is 1. The van der Waals surface area contributed by atoms with Crippen LogP contribution in [0.25, 0.3) is 11.0 Å². The third kappa shape index (κ3) is 2.71. The monoisotopic (exact) mass is 351 g/mol. The van der Waals surface area contributed by atoms with Crippen LogP contribution < -0.4 is 0 Å².